The molecule has 1 aromatic heterocycles. The molecule has 0 bridgehead atoms. The quantitative estimate of drug-likeness (QED) is 0.829. The Morgan fingerprint density at radius 2 is 1.50 bits per heavy atom. The molecule has 0 fully saturated rings. The van der Waals surface area contributed by atoms with Gasteiger partial charge in [0.15, 0.2) is 11.5 Å². The van der Waals surface area contributed by atoms with E-state index in [4.69, 9.17) is 15.2 Å². The number of fused-ring (bicyclic) bond motifs is 1. The average Bonchev–Trinajstić information content (AvgIpc) is 2.29. The van der Waals surface area contributed by atoms with Crippen LogP contribution in [0.1, 0.15) is 5.69 Å². The van der Waals surface area contributed by atoms with Crippen LogP contribution < -0.4 is 15.2 Å². The number of rotatable bonds is 2. The van der Waals surface area contributed by atoms with Crippen molar-refractivity contribution >= 4 is 16.9 Å². The molecular formula is C11H13N3O2. The minimum Gasteiger partial charge on any atom is -0.493 e. The topological polar surface area (TPSA) is 70.3 Å². The summed E-state index contributed by atoms with van der Waals surface area (Å²) in [5, 5.41) is 0. The lowest BCUT2D eigenvalue weighted by Crippen LogP contribution is -1.99. The predicted molar refractivity (Wildman–Crippen MR) is 61.8 cm³/mol. The van der Waals surface area contributed by atoms with Gasteiger partial charge in [-0.2, -0.15) is 0 Å². The molecule has 0 saturated heterocycles. The van der Waals surface area contributed by atoms with Crippen molar-refractivity contribution in [2.45, 2.75) is 6.92 Å². The Labute approximate surface area is 93.2 Å². The Bertz CT molecular complexity index is 492. The molecule has 0 aliphatic carbocycles. The summed E-state index contributed by atoms with van der Waals surface area (Å²) < 4.78 is 10.4. The fourth-order valence-corrected chi connectivity index (χ4v) is 1.49. The molecule has 0 saturated carbocycles. The molecule has 0 aliphatic heterocycles. The van der Waals surface area contributed by atoms with Crippen LogP contribution in [-0.2, 0) is 0 Å². The van der Waals surface area contributed by atoms with Gasteiger partial charge in [0.1, 0.15) is 5.82 Å². The van der Waals surface area contributed by atoms with Crippen molar-refractivity contribution in [1.29, 1.82) is 0 Å². The number of hydrogen-bond donors (Lipinski definition) is 1. The number of nitrogen functional groups attached to an aromatic ring is 1. The van der Waals surface area contributed by atoms with Crippen molar-refractivity contribution in [3.8, 4) is 11.5 Å². The van der Waals surface area contributed by atoms with Gasteiger partial charge in [0, 0.05) is 12.1 Å². The van der Waals surface area contributed by atoms with Crippen LogP contribution in [0.3, 0.4) is 0 Å². The third-order valence-corrected chi connectivity index (χ3v) is 2.38. The van der Waals surface area contributed by atoms with E-state index in [1.807, 2.05) is 6.92 Å². The summed E-state index contributed by atoms with van der Waals surface area (Å²) in [7, 11) is 3.16. The molecule has 0 amide bonds. The molecule has 0 aliphatic rings. The van der Waals surface area contributed by atoms with Crippen LogP contribution in [0, 0.1) is 6.92 Å². The van der Waals surface area contributed by atoms with Gasteiger partial charge in [0.25, 0.3) is 0 Å². The molecule has 0 radical (unpaired) electrons. The second kappa shape index (κ2) is 3.84. The van der Waals surface area contributed by atoms with E-state index in [1.165, 1.54) is 0 Å². The Balaban J connectivity index is 2.73. The van der Waals surface area contributed by atoms with Gasteiger partial charge in [-0.25, -0.2) is 9.97 Å². The van der Waals surface area contributed by atoms with Gasteiger partial charge in [-0.3, -0.25) is 0 Å². The van der Waals surface area contributed by atoms with E-state index in [-0.39, 0.29) is 0 Å². The number of methoxy groups -OCH3 is 2. The maximum Gasteiger partial charge on any atom is 0.163 e. The lowest BCUT2D eigenvalue weighted by Gasteiger charge is -2.09. The number of ether oxygens (including phenoxy) is 2. The van der Waals surface area contributed by atoms with Gasteiger partial charge in [0.2, 0.25) is 0 Å². The van der Waals surface area contributed by atoms with E-state index in [0.717, 1.165) is 5.52 Å². The molecule has 0 atom stereocenters. The number of hydrogen-bond acceptors (Lipinski definition) is 5. The number of nitrogens with two attached hydrogens (primary N) is 1. The van der Waals surface area contributed by atoms with Crippen molar-refractivity contribution < 1.29 is 9.47 Å². The van der Waals surface area contributed by atoms with Gasteiger partial charge in [-0.1, -0.05) is 0 Å². The van der Waals surface area contributed by atoms with E-state index < -0.39 is 0 Å². The highest BCUT2D eigenvalue weighted by Crippen LogP contribution is 2.31. The molecule has 2 N–H and O–H groups in total. The van der Waals surface area contributed by atoms with Gasteiger partial charge in [-0.05, 0) is 6.92 Å². The molecule has 0 spiro atoms. The highest BCUT2D eigenvalue weighted by atomic mass is 16.5. The van der Waals surface area contributed by atoms with Crippen molar-refractivity contribution in [2.24, 2.45) is 0 Å². The Kier molecular flexibility index (Phi) is 2.52. The SMILES string of the molecule is COc1cc2nc(C)c(N)nc2cc1OC. The fraction of sp³-hybridized carbons (Fsp3) is 0.273. The second-order valence-electron chi connectivity index (χ2n) is 3.39. The fourth-order valence-electron chi connectivity index (χ4n) is 1.49. The second-order valence-corrected chi connectivity index (χ2v) is 3.39. The van der Waals surface area contributed by atoms with Crippen LogP contribution in [0.4, 0.5) is 5.82 Å². The van der Waals surface area contributed by atoms with Crippen LogP contribution >= 0.6 is 0 Å². The van der Waals surface area contributed by atoms with Gasteiger partial charge in [0.05, 0.1) is 30.9 Å². The van der Waals surface area contributed by atoms with Gasteiger partial charge in [-0.15, -0.1) is 0 Å². The molecule has 5 nitrogen and oxygen atoms in total. The summed E-state index contributed by atoms with van der Waals surface area (Å²) in [4.78, 5) is 8.58. The summed E-state index contributed by atoms with van der Waals surface area (Å²) in [6.07, 6.45) is 0. The smallest absolute Gasteiger partial charge is 0.163 e. The van der Waals surface area contributed by atoms with Crippen molar-refractivity contribution in [1.82, 2.24) is 9.97 Å². The molecule has 1 aromatic carbocycles. The van der Waals surface area contributed by atoms with E-state index >= 15 is 0 Å². The highest BCUT2D eigenvalue weighted by Gasteiger charge is 2.09. The van der Waals surface area contributed by atoms with Gasteiger partial charge >= 0.3 is 0 Å². The van der Waals surface area contributed by atoms with Crippen LogP contribution in [0.15, 0.2) is 12.1 Å². The lowest BCUT2D eigenvalue weighted by atomic mass is 10.2. The standard InChI is InChI=1S/C11H13N3O2/c1-6-11(12)14-8-5-10(16-3)9(15-2)4-7(8)13-6/h4-5H,1-3H3,(H2,12,14). The van der Waals surface area contributed by atoms with Crippen LogP contribution in [0.2, 0.25) is 0 Å². The van der Waals surface area contributed by atoms with E-state index in [1.54, 1.807) is 26.4 Å². The monoisotopic (exact) mass is 219 g/mol. The molecule has 1 heterocycles. The highest BCUT2D eigenvalue weighted by molar-refractivity contribution is 5.80. The largest absolute Gasteiger partial charge is 0.493 e. The predicted octanol–water partition coefficient (Wildman–Crippen LogP) is 1.54. The van der Waals surface area contributed by atoms with Crippen molar-refractivity contribution in [3.63, 3.8) is 0 Å². The number of aryl methyl sites for hydroxylation is 1. The minimum absolute atomic E-state index is 0.430. The zero-order valence-electron chi connectivity index (χ0n) is 9.44. The summed E-state index contributed by atoms with van der Waals surface area (Å²) in [6, 6.07) is 3.55. The lowest BCUT2D eigenvalue weighted by molar-refractivity contribution is 0.355. The number of nitrogens with zero attached hydrogens (tertiary/aromatic N) is 2. The summed E-state index contributed by atoms with van der Waals surface area (Å²) >= 11 is 0. The van der Waals surface area contributed by atoms with Crippen LogP contribution in [0.25, 0.3) is 11.0 Å². The van der Waals surface area contributed by atoms with Gasteiger partial charge < -0.3 is 15.2 Å². The normalized spacial score (nSPS) is 10.4. The van der Waals surface area contributed by atoms with E-state index in [9.17, 15) is 0 Å². The summed E-state index contributed by atoms with van der Waals surface area (Å²) in [5.41, 5.74) is 7.85. The zero-order valence-corrected chi connectivity index (χ0v) is 9.44. The molecule has 2 aromatic rings. The molecule has 16 heavy (non-hydrogen) atoms. The molecule has 0 unspecified atom stereocenters. The summed E-state index contributed by atoms with van der Waals surface area (Å²) in [5.74, 6) is 1.68. The number of anilines is 1. The molecule has 5 heteroatoms. The maximum atomic E-state index is 5.70. The summed E-state index contributed by atoms with van der Waals surface area (Å²) in [6.45, 7) is 1.82. The third-order valence-electron chi connectivity index (χ3n) is 2.38. The van der Waals surface area contributed by atoms with E-state index in [0.29, 0.717) is 28.5 Å². The maximum absolute atomic E-state index is 5.70. The van der Waals surface area contributed by atoms with Crippen molar-refractivity contribution in [2.75, 3.05) is 20.0 Å². The molecular weight excluding hydrogens is 206 g/mol. The third kappa shape index (κ3) is 1.60. The Morgan fingerprint density at radius 1 is 1.00 bits per heavy atom. The molecule has 84 valence electrons. The van der Waals surface area contributed by atoms with Crippen LogP contribution in [-0.4, -0.2) is 24.2 Å². The first-order valence-corrected chi connectivity index (χ1v) is 4.81. The first-order chi connectivity index (χ1) is 7.65. The zero-order chi connectivity index (χ0) is 11.7. The first-order valence-electron chi connectivity index (χ1n) is 4.81. The number of aromatic nitrogens is 2. The Hall–Kier alpha value is -2.04. The first kappa shape index (κ1) is 10.5. The number of benzene rings is 1. The Morgan fingerprint density at radius 3 is 2.00 bits per heavy atom. The van der Waals surface area contributed by atoms with E-state index in [2.05, 4.69) is 9.97 Å². The minimum atomic E-state index is 0.430. The average molecular weight is 219 g/mol. The van der Waals surface area contributed by atoms with Crippen LogP contribution in [0.5, 0.6) is 11.5 Å². The van der Waals surface area contributed by atoms with Crippen molar-refractivity contribution in [3.05, 3.63) is 17.8 Å². The molecule has 2 rings (SSSR count).